The molecule has 0 radical (unpaired) electrons. The van der Waals surface area contributed by atoms with Crippen molar-refractivity contribution in [1.82, 2.24) is 0 Å². The number of nitrogens with zero attached hydrogens (tertiary/aromatic N) is 1. The molecule has 5 nitrogen and oxygen atoms in total. The molecular weight excluding hydrogens is 340 g/mol. The van der Waals surface area contributed by atoms with Gasteiger partial charge in [0.05, 0.1) is 0 Å². The van der Waals surface area contributed by atoms with Gasteiger partial charge in [0.2, 0.25) is 11.8 Å². The molecule has 1 N–H and O–H groups in total. The minimum Gasteiger partial charge on any atom is -0.326 e. The number of carbonyl (C=O) groups excluding carboxylic acids is 3. The van der Waals surface area contributed by atoms with Gasteiger partial charge in [-0.15, -0.1) is 0 Å². The van der Waals surface area contributed by atoms with E-state index in [1.165, 1.54) is 13.8 Å². The maximum Gasteiger partial charge on any atom is 0.226 e. The van der Waals surface area contributed by atoms with E-state index in [1.807, 2.05) is 32.9 Å². The Kier molecular flexibility index (Phi) is 6.50. The van der Waals surface area contributed by atoms with Gasteiger partial charge in [0.25, 0.3) is 0 Å². The molecule has 0 aliphatic heterocycles. The summed E-state index contributed by atoms with van der Waals surface area (Å²) in [6.45, 7) is 9.18. The normalized spacial score (nSPS) is 10.4. The highest BCUT2D eigenvalue weighted by molar-refractivity contribution is 5.97. The molecule has 2 aromatic carbocycles. The van der Waals surface area contributed by atoms with Crippen molar-refractivity contribution in [3.63, 3.8) is 0 Å². The van der Waals surface area contributed by atoms with Crippen LogP contribution in [0.25, 0.3) is 0 Å². The number of nitrogens with one attached hydrogen (secondary N) is 1. The van der Waals surface area contributed by atoms with Gasteiger partial charge in [0.1, 0.15) is 0 Å². The number of amides is 2. The molecule has 2 aromatic rings. The zero-order valence-electron chi connectivity index (χ0n) is 16.6. The summed E-state index contributed by atoms with van der Waals surface area (Å²) in [5.41, 5.74) is 5.27. The Morgan fingerprint density at radius 2 is 1.48 bits per heavy atom. The van der Waals surface area contributed by atoms with Crippen molar-refractivity contribution in [2.24, 2.45) is 0 Å². The van der Waals surface area contributed by atoms with Crippen LogP contribution in [0.3, 0.4) is 0 Å². The predicted molar refractivity (Wildman–Crippen MR) is 108 cm³/mol. The van der Waals surface area contributed by atoms with Crippen molar-refractivity contribution in [3.05, 3.63) is 58.7 Å². The third-order valence-corrected chi connectivity index (χ3v) is 4.47. The van der Waals surface area contributed by atoms with Crippen LogP contribution >= 0.6 is 0 Å². The summed E-state index contributed by atoms with van der Waals surface area (Å²) >= 11 is 0. The van der Waals surface area contributed by atoms with Crippen LogP contribution in [0.1, 0.15) is 47.3 Å². The van der Waals surface area contributed by atoms with Crippen molar-refractivity contribution in [2.75, 3.05) is 16.8 Å². The van der Waals surface area contributed by atoms with Crippen LogP contribution in [0, 0.1) is 20.8 Å². The molecule has 2 rings (SSSR count). The molecule has 0 aliphatic carbocycles. The van der Waals surface area contributed by atoms with Gasteiger partial charge in [-0.25, -0.2) is 0 Å². The van der Waals surface area contributed by atoms with E-state index in [1.54, 1.807) is 29.2 Å². The monoisotopic (exact) mass is 366 g/mol. The lowest BCUT2D eigenvalue weighted by Crippen LogP contribution is -2.32. The number of hydrogen-bond donors (Lipinski definition) is 1. The maximum atomic E-state index is 12.4. The molecule has 0 heterocycles. The van der Waals surface area contributed by atoms with E-state index in [4.69, 9.17) is 0 Å². The number of Topliss-reactive ketones (excluding diaryl/α,β-unsaturated/α-hetero) is 1. The summed E-state index contributed by atoms with van der Waals surface area (Å²) in [5, 5.41) is 2.95. The van der Waals surface area contributed by atoms with Crippen molar-refractivity contribution < 1.29 is 14.4 Å². The second kappa shape index (κ2) is 8.62. The number of carbonyl (C=O) groups is 3. The molecular formula is C22H26N2O3. The second-order valence-electron chi connectivity index (χ2n) is 6.85. The third-order valence-electron chi connectivity index (χ3n) is 4.47. The van der Waals surface area contributed by atoms with E-state index in [-0.39, 0.29) is 30.6 Å². The van der Waals surface area contributed by atoms with Crippen LogP contribution in [0.5, 0.6) is 0 Å². The van der Waals surface area contributed by atoms with Crippen LogP contribution in [-0.2, 0) is 9.59 Å². The van der Waals surface area contributed by atoms with Gasteiger partial charge in [-0.1, -0.05) is 17.7 Å². The highest BCUT2D eigenvalue weighted by atomic mass is 16.2. The lowest BCUT2D eigenvalue weighted by Gasteiger charge is -2.21. The quantitative estimate of drug-likeness (QED) is 0.779. The van der Waals surface area contributed by atoms with E-state index >= 15 is 0 Å². The summed E-state index contributed by atoms with van der Waals surface area (Å²) in [7, 11) is 0. The smallest absolute Gasteiger partial charge is 0.226 e. The molecule has 0 bridgehead atoms. The Balaban J connectivity index is 2.06. The number of benzene rings is 2. The van der Waals surface area contributed by atoms with E-state index in [0.29, 0.717) is 11.3 Å². The molecule has 0 saturated heterocycles. The maximum absolute atomic E-state index is 12.4. The highest BCUT2D eigenvalue weighted by Crippen LogP contribution is 2.22. The number of rotatable bonds is 6. The van der Waals surface area contributed by atoms with Crippen LogP contribution in [0.15, 0.2) is 36.4 Å². The topological polar surface area (TPSA) is 66.5 Å². The number of anilines is 2. The first kappa shape index (κ1) is 20.4. The minimum absolute atomic E-state index is 0.0286. The molecule has 0 fully saturated rings. The number of aryl methyl sites for hydroxylation is 3. The molecule has 27 heavy (non-hydrogen) atoms. The first-order valence-corrected chi connectivity index (χ1v) is 8.96. The van der Waals surface area contributed by atoms with Crippen LogP contribution in [-0.4, -0.2) is 24.1 Å². The molecule has 5 heteroatoms. The summed E-state index contributed by atoms with van der Waals surface area (Å²) < 4.78 is 0. The average Bonchev–Trinajstić information content (AvgIpc) is 2.58. The SMILES string of the molecule is CC(=O)c1ccc(N(CCC(=O)Nc2c(C)cc(C)cc2C)C(C)=O)cc1. The van der Waals surface area contributed by atoms with Crippen molar-refractivity contribution in [2.45, 2.75) is 41.0 Å². The lowest BCUT2D eigenvalue weighted by molar-refractivity contribution is -0.117. The van der Waals surface area contributed by atoms with E-state index in [0.717, 1.165) is 22.4 Å². The molecule has 0 saturated carbocycles. The Hall–Kier alpha value is -2.95. The largest absolute Gasteiger partial charge is 0.326 e. The predicted octanol–water partition coefficient (Wildman–Crippen LogP) is 4.20. The molecule has 0 aromatic heterocycles. The standard InChI is InChI=1S/C22H26N2O3/c1-14-12-15(2)22(16(3)13-14)23-21(27)10-11-24(18(5)26)20-8-6-19(7-9-20)17(4)25/h6-9,12-13H,10-11H2,1-5H3,(H,23,27). The highest BCUT2D eigenvalue weighted by Gasteiger charge is 2.15. The minimum atomic E-state index is -0.152. The zero-order chi connectivity index (χ0) is 20.1. The molecule has 0 unspecified atom stereocenters. The van der Waals surface area contributed by atoms with E-state index in [2.05, 4.69) is 5.32 Å². The molecule has 2 amide bonds. The molecule has 0 spiro atoms. The summed E-state index contributed by atoms with van der Waals surface area (Å²) in [4.78, 5) is 37.3. The van der Waals surface area contributed by atoms with Crippen LogP contribution in [0.4, 0.5) is 11.4 Å². The first-order valence-electron chi connectivity index (χ1n) is 8.96. The van der Waals surface area contributed by atoms with E-state index < -0.39 is 0 Å². The van der Waals surface area contributed by atoms with Gasteiger partial charge >= 0.3 is 0 Å². The number of ketones is 1. The Labute approximate surface area is 160 Å². The summed E-state index contributed by atoms with van der Waals surface area (Å²) in [6, 6.07) is 10.9. The summed E-state index contributed by atoms with van der Waals surface area (Å²) in [5.74, 6) is -0.322. The van der Waals surface area contributed by atoms with Gasteiger partial charge in [-0.05, 0) is 63.1 Å². The second-order valence-corrected chi connectivity index (χ2v) is 6.85. The van der Waals surface area contributed by atoms with Crippen molar-refractivity contribution in [3.8, 4) is 0 Å². The molecule has 0 aliphatic rings. The lowest BCUT2D eigenvalue weighted by atomic mass is 10.0. The fraction of sp³-hybridized carbons (Fsp3) is 0.318. The van der Waals surface area contributed by atoms with Gasteiger partial charge < -0.3 is 10.2 Å². The zero-order valence-corrected chi connectivity index (χ0v) is 16.6. The number of hydrogen-bond acceptors (Lipinski definition) is 3. The van der Waals surface area contributed by atoms with Gasteiger partial charge in [0, 0.05) is 36.8 Å². The Morgan fingerprint density at radius 3 is 1.96 bits per heavy atom. The average molecular weight is 366 g/mol. The fourth-order valence-corrected chi connectivity index (χ4v) is 3.14. The van der Waals surface area contributed by atoms with E-state index in [9.17, 15) is 14.4 Å². The van der Waals surface area contributed by atoms with Crippen LogP contribution in [0.2, 0.25) is 0 Å². The van der Waals surface area contributed by atoms with Gasteiger partial charge in [0.15, 0.2) is 5.78 Å². The van der Waals surface area contributed by atoms with Gasteiger partial charge in [-0.2, -0.15) is 0 Å². The first-order chi connectivity index (χ1) is 12.7. The summed E-state index contributed by atoms with van der Waals surface area (Å²) in [6.07, 6.45) is 0.181. The van der Waals surface area contributed by atoms with Crippen molar-refractivity contribution >= 4 is 29.0 Å². The Morgan fingerprint density at radius 1 is 0.926 bits per heavy atom. The van der Waals surface area contributed by atoms with Crippen molar-refractivity contribution in [1.29, 1.82) is 0 Å². The third kappa shape index (κ3) is 5.26. The Bertz CT molecular complexity index is 847. The van der Waals surface area contributed by atoms with Gasteiger partial charge in [-0.3, -0.25) is 14.4 Å². The fourth-order valence-electron chi connectivity index (χ4n) is 3.14. The molecule has 0 atom stereocenters. The molecule has 142 valence electrons. The van der Waals surface area contributed by atoms with Crippen LogP contribution < -0.4 is 10.2 Å².